The van der Waals surface area contributed by atoms with Crippen molar-refractivity contribution >= 4 is 6.29 Å². The fourth-order valence-electron chi connectivity index (χ4n) is 1.25. The van der Waals surface area contributed by atoms with Crippen LogP contribution in [0.1, 0.15) is 12.0 Å². The van der Waals surface area contributed by atoms with Gasteiger partial charge in [-0.1, -0.05) is 30.3 Å². The summed E-state index contributed by atoms with van der Waals surface area (Å²) in [5, 5.41) is 2.95. The van der Waals surface area contributed by atoms with Crippen LogP contribution in [0.4, 0.5) is 0 Å². The minimum absolute atomic E-state index is 0.0137. The first-order valence-corrected chi connectivity index (χ1v) is 4.53. The van der Waals surface area contributed by atoms with Crippen LogP contribution in [0.3, 0.4) is 0 Å². The van der Waals surface area contributed by atoms with Crippen molar-refractivity contribution in [3.8, 4) is 0 Å². The molecule has 0 spiro atoms. The van der Waals surface area contributed by atoms with Gasteiger partial charge in [-0.3, -0.25) is 0 Å². The fourth-order valence-corrected chi connectivity index (χ4v) is 1.25. The van der Waals surface area contributed by atoms with Gasteiger partial charge in [-0.25, -0.2) is 0 Å². The summed E-state index contributed by atoms with van der Waals surface area (Å²) >= 11 is 0. The molecule has 1 atom stereocenters. The highest BCUT2D eigenvalue weighted by Gasteiger charge is 2.02. The molecular formula is C11H15NO. The lowest BCUT2D eigenvalue weighted by Gasteiger charge is -2.07. The molecule has 1 rings (SSSR count). The van der Waals surface area contributed by atoms with E-state index in [0.717, 1.165) is 19.1 Å². The monoisotopic (exact) mass is 177 g/mol. The fraction of sp³-hybridized carbons (Fsp3) is 0.364. The summed E-state index contributed by atoms with van der Waals surface area (Å²) in [5.41, 5.74) is 1.28. The summed E-state index contributed by atoms with van der Waals surface area (Å²) in [6.07, 6.45) is 2.78. The van der Waals surface area contributed by atoms with E-state index < -0.39 is 0 Å². The summed E-state index contributed by atoms with van der Waals surface area (Å²) in [4.78, 5) is 10.5. The summed E-state index contributed by atoms with van der Waals surface area (Å²) in [7, 11) is 1.81. The van der Waals surface area contributed by atoms with E-state index in [0.29, 0.717) is 0 Å². The number of hydrogen-bond acceptors (Lipinski definition) is 2. The lowest BCUT2D eigenvalue weighted by Crippen LogP contribution is -2.26. The lowest BCUT2D eigenvalue weighted by molar-refractivity contribution is -0.109. The van der Waals surface area contributed by atoms with Gasteiger partial charge >= 0.3 is 0 Å². The average molecular weight is 177 g/mol. The van der Waals surface area contributed by atoms with Crippen LogP contribution in [0.25, 0.3) is 0 Å². The SMILES string of the molecule is CN[C@H](C=O)CCc1ccccc1. The maximum atomic E-state index is 10.5. The molecule has 70 valence electrons. The van der Waals surface area contributed by atoms with Gasteiger partial charge in [0.25, 0.3) is 0 Å². The van der Waals surface area contributed by atoms with Crippen molar-refractivity contribution in [3.63, 3.8) is 0 Å². The molecule has 1 aromatic carbocycles. The Balaban J connectivity index is 2.38. The van der Waals surface area contributed by atoms with E-state index in [-0.39, 0.29) is 6.04 Å². The Labute approximate surface area is 79.0 Å². The molecule has 13 heavy (non-hydrogen) atoms. The zero-order valence-electron chi connectivity index (χ0n) is 7.86. The quantitative estimate of drug-likeness (QED) is 0.689. The molecule has 2 heteroatoms. The number of carbonyl (C=O) groups excluding carboxylic acids is 1. The van der Waals surface area contributed by atoms with E-state index in [4.69, 9.17) is 0 Å². The molecule has 0 heterocycles. The van der Waals surface area contributed by atoms with E-state index in [9.17, 15) is 4.79 Å². The molecule has 0 aliphatic heterocycles. The minimum atomic E-state index is -0.0137. The zero-order chi connectivity index (χ0) is 9.52. The van der Waals surface area contributed by atoms with Gasteiger partial charge in [0.1, 0.15) is 6.29 Å². The Hall–Kier alpha value is -1.15. The number of rotatable bonds is 5. The first-order valence-electron chi connectivity index (χ1n) is 4.53. The molecule has 0 amide bonds. The Morgan fingerprint density at radius 1 is 1.38 bits per heavy atom. The van der Waals surface area contributed by atoms with Gasteiger partial charge < -0.3 is 10.1 Å². The van der Waals surface area contributed by atoms with Gasteiger partial charge in [-0.15, -0.1) is 0 Å². The molecule has 0 fully saturated rings. The van der Waals surface area contributed by atoms with Gasteiger partial charge in [0, 0.05) is 0 Å². The highest BCUT2D eigenvalue weighted by Crippen LogP contribution is 2.03. The van der Waals surface area contributed by atoms with Crippen molar-refractivity contribution in [2.75, 3.05) is 7.05 Å². The predicted molar refractivity (Wildman–Crippen MR) is 53.7 cm³/mol. The highest BCUT2D eigenvalue weighted by molar-refractivity contribution is 5.57. The second-order valence-electron chi connectivity index (χ2n) is 3.06. The third-order valence-electron chi connectivity index (χ3n) is 2.12. The number of likely N-dealkylation sites (N-methyl/N-ethyl adjacent to an activating group) is 1. The lowest BCUT2D eigenvalue weighted by atomic mass is 10.1. The topological polar surface area (TPSA) is 29.1 Å². The molecule has 0 aromatic heterocycles. The first-order chi connectivity index (χ1) is 6.36. The van der Waals surface area contributed by atoms with Crippen LogP contribution in [0.15, 0.2) is 30.3 Å². The Morgan fingerprint density at radius 3 is 2.62 bits per heavy atom. The number of aldehydes is 1. The summed E-state index contributed by atoms with van der Waals surface area (Å²) in [6.45, 7) is 0. The standard InChI is InChI=1S/C11H15NO/c1-12-11(9-13)8-7-10-5-3-2-4-6-10/h2-6,9,11-12H,7-8H2,1H3/t11-/m0/s1. The van der Waals surface area contributed by atoms with E-state index >= 15 is 0 Å². The predicted octanol–water partition coefficient (Wildman–Crippen LogP) is 1.41. The van der Waals surface area contributed by atoms with Crippen LogP contribution >= 0.6 is 0 Å². The molecule has 0 aliphatic carbocycles. The molecule has 0 radical (unpaired) electrons. The maximum absolute atomic E-state index is 10.5. The molecule has 0 unspecified atom stereocenters. The van der Waals surface area contributed by atoms with E-state index in [1.54, 1.807) is 0 Å². The van der Waals surface area contributed by atoms with Gasteiger partial charge in [0.15, 0.2) is 0 Å². The van der Waals surface area contributed by atoms with Crippen molar-refractivity contribution in [2.45, 2.75) is 18.9 Å². The first kappa shape index (κ1) is 9.93. The second-order valence-corrected chi connectivity index (χ2v) is 3.06. The van der Waals surface area contributed by atoms with Crippen LogP contribution in [-0.4, -0.2) is 19.4 Å². The molecular weight excluding hydrogens is 162 g/mol. The second kappa shape index (κ2) is 5.49. The number of hydrogen-bond donors (Lipinski definition) is 1. The van der Waals surface area contributed by atoms with Crippen LogP contribution in [0, 0.1) is 0 Å². The third-order valence-corrected chi connectivity index (χ3v) is 2.12. The van der Waals surface area contributed by atoms with E-state index in [1.165, 1.54) is 5.56 Å². The normalized spacial score (nSPS) is 12.4. The number of benzene rings is 1. The van der Waals surface area contributed by atoms with Crippen LogP contribution in [0.5, 0.6) is 0 Å². The zero-order valence-corrected chi connectivity index (χ0v) is 7.86. The average Bonchev–Trinajstić information content (AvgIpc) is 2.21. The summed E-state index contributed by atoms with van der Waals surface area (Å²) in [6, 6.07) is 10.2. The smallest absolute Gasteiger partial charge is 0.136 e. The van der Waals surface area contributed by atoms with Crippen LogP contribution < -0.4 is 5.32 Å². The molecule has 0 bridgehead atoms. The summed E-state index contributed by atoms with van der Waals surface area (Å²) < 4.78 is 0. The van der Waals surface area contributed by atoms with Crippen molar-refractivity contribution < 1.29 is 4.79 Å². The Kier molecular flexibility index (Phi) is 4.19. The van der Waals surface area contributed by atoms with E-state index in [2.05, 4.69) is 17.4 Å². The molecule has 2 nitrogen and oxygen atoms in total. The maximum Gasteiger partial charge on any atom is 0.136 e. The van der Waals surface area contributed by atoms with Crippen LogP contribution in [0.2, 0.25) is 0 Å². The third kappa shape index (κ3) is 3.38. The molecule has 1 aromatic rings. The number of nitrogens with one attached hydrogen (secondary N) is 1. The van der Waals surface area contributed by atoms with Gasteiger partial charge in [-0.2, -0.15) is 0 Å². The highest BCUT2D eigenvalue weighted by atomic mass is 16.1. The van der Waals surface area contributed by atoms with Crippen molar-refractivity contribution in [2.24, 2.45) is 0 Å². The van der Waals surface area contributed by atoms with Crippen molar-refractivity contribution in [3.05, 3.63) is 35.9 Å². The minimum Gasteiger partial charge on any atom is -0.311 e. The van der Waals surface area contributed by atoms with Crippen LogP contribution in [-0.2, 0) is 11.2 Å². The molecule has 0 saturated heterocycles. The van der Waals surface area contributed by atoms with E-state index in [1.807, 2.05) is 25.2 Å². The number of carbonyl (C=O) groups is 1. The Morgan fingerprint density at radius 2 is 2.08 bits per heavy atom. The van der Waals surface area contributed by atoms with Crippen molar-refractivity contribution in [1.82, 2.24) is 5.32 Å². The Bertz CT molecular complexity index is 246. The van der Waals surface area contributed by atoms with Gasteiger partial charge in [-0.05, 0) is 25.5 Å². The largest absolute Gasteiger partial charge is 0.311 e. The molecule has 1 N–H and O–H groups in total. The van der Waals surface area contributed by atoms with Gasteiger partial charge in [0.2, 0.25) is 0 Å². The number of aryl methyl sites for hydroxylation is 1. The summed E-state index contributed by atoms with van der Waals surface area (Å²) in [5.74, 6) is 0. The van der Waals surface area contributed by atoms with Crippen molar-refractivity contribution in [1.29, 1.82) is 0 Å². The van der Waals surface area contributed by atoms with Gasteiger partial charge in [0.05, 0.1) is 6.04 Å². The molecule has 0 saturated carbocycles. The molecule has 0 aliphatic rings.